The van der Waals surface area contributed by atoms with Crippen LogP contribution in [0.3, 0.4) is 0 Å². The minimum atomic E-state index is -0.116. The zero-order chi connectivity index (χ0) is 15.9. The molecule has 2 aromatic heterocycles. The van der Waals surface area contributed by atoms with Crippen molar-refractivity contribution in [2.45, 2.75) is 13.5 Å². The third kappa shape index (κ3) is 4.19. The molecule has 0 bridgehead atoms. The Kier molecular flexibility index (Phi) is 5.31. The van der Waals surface area contributed by atoms with Crippen molar-refractivity contribution in [1.82, 2.24) is 15.6 Å². The molecule has 0 aliphatic carbocycles. The molecule has 116 valence electrons. The van der Waals surface area contributed by atoms with E-state index in [1.165, 1.54) is 18.3 Å². The number of nitrogens with one attached hydrogen (secondary N) is 2. The first-order valence-electron chi connectivity index (χ1n) is 6.56. The Morgan fingerprint density at radius 1 is 1.59 bits per heavy atom. The van der Waals surface area contributed by atoms with Gasteiger partial charge in [-0.05, 0) is 12.1 Å². The van der Waals surface area contributed by atoms with Crippen LogP contribution in [0, 0.1) is 0 Å². The largest absolute Gasteiger partial charge is 0.457 e. The zero-order valence-electron chi connectivity index (χ0n) is 12.1. The predicted octanol–water partition coefficient (Wildman–Crippen LogP) is 2.06. The van der Waals surface area contributed by atoms with Gasteiger partial charge in [0, 0.05) is 13.5 Å². The van der Waals surface area contributed by atoms with Gasteiger partial charge >= 0.3 is 0 Å². The van der Waals surface area contributed by atoms with Crippen LogP contribution in [0.2, 0.25) is 0 Å². The molecule has 0 radical (unpaired) electrons. The summed E-state index contributed by atoms with van der Waals surface area (Å²) >= 11 is 1.27. The van der Waals surface area contributed by atoms with E-state index in [1.54, 1.807) is 24.5 Å². The first kappa shape index (κ1) is 15.8. The van der Waals surface area contributed by atoms with Gasteiger partial charge in [-0.15, -0.1) is 6.58 Å². The van der Waals surface area contributed by atoms with Gasteiger partial charge in [0.05, 0.1) is 12.9 Å². The molecule has 0 atom stereocenters. The molecule has 0 aromatic carbocycles. The first-order valence-corrected chi connectivity index (χ1v) is 7.38. The molecule has 2 heterocycles. The first-order chi connectivity index (χ1) is 10.6. The van der Waals surface area contributed by atoms with Crippen molar-refractivity contribution in [3.8, 4) is 11.5 Å². The van der Waals surface area contributed by atoms with Crippen molar-refractivity contribution in [2.24, 2.45) is 4.99 Å². The summed E-state index contributed by atoms with van der Waals surface area (Å²) in [6.45, 7) is 6.01. The van der Waals surface area contributed by atoms with E-state index in [9.17, 15) is 4.79 Å². The summed E-state index contributed by atoms with van der Waals surface area (Å²) in [6.07, 6.45) is 3.30. The maximum Gasteiger partial charge on any atom is 0.217 e. The molecule has 4 N–H and O–H groups in total. The number of hydrogen-bond donors (Lipinski definition) is 3. The normalized spacial score (nSPS) is 10.8. The number of furan rings is 1. The lowest BCUT2D eigenvalue weighted by atomic mass is 10.3. The van der Waals surface area contributed by atoms with Crippen molar-refractivity contribution in [1.29, 1.82) is 0 Å². The fraction of sp³-hybridized carbons (Fsp3) is 0.214. The van der Waals surface area contributed by atoms with Gasteiger partial charge in [-0.3, -0.25) is 4.79 Å². The minimum Gasteiger partial charge on any atom is -0.457 e. The van der Waals surface area contributed by atoms with E-state index < -0.39 is 0 Å². The lowest BCUT2D eigenvalue weighted by Gasteiger charge is -1.98. The maximum atomic E-state index is 10.9. The molecule has 0 unspecified atom stereocenters. The highest BCUT2D eigenvalue weighted by Crippen LogP contribution is 2.37. The third-order valence-corrected chi connectivity index (χ3v) is 3.36. The summed E-state index contributed by atoms with van der Waals surface area (Å²) in [6, 6.07) is 3.56. The van der Waals surface area contributed by atoms with Gasteiger partial charge in [0.1, 0.15) is 11.5 Å². The fourth-order valence-electron chi connectivity index (χ4n) is 1.63. The van der Waals surface area contributed by atoms with Crippen LogP contribution in [-0.4, -0.2) is 23.8 Å². The number of carbonyl (C=O) groups excluding carboxylic acids is 1. The Labute approximate surface area is 132 Å². The number of amides is 1. The van der Waals surface area contributed by atoms with Crippen LogP contribution in [0.5, 0.6) is 0 Å². The Morgan fingerprint density at radius 3 is 3.14 bits per heavy atom. The van der Waals surface area contributed by atoms with Gasteiger partial charge in [-0.1, -0.05) is 17.4 Å². The van der Waals surface area contributed by atoms with E-state index >= 15 is 0 Å². The van der Waals surface area contributed by atoms with Crippen molar-refractivity contribution in [3.63, 3.8) is 0 Å². The number of nitrogen functional groups attached to an aromatic ring is 1. The molecule has 2 rings (SSSR count). The standard InChI is InChI=1S/C14H17N5O2S/c1-3-6-16-8-18-13-12(19-14(15)22-13)11-5-4-10(21-11)7-17-9(2)20/h3-5,8H,1,6-7H2,2H3,(H2,15,19)(H,16,18)(H,17,20). The Morgan fingerprint density at radius 2 is 2.41 bits per heavy atom. The average molecular weight is 319 g/mol. The molecular weight excluding hydrogens is 302 g/mol. The van der Waals surface area contributed by atoms with E-state index in [0.717, 1.165) is 0 Å². The van der Waals surface area contributed by atoms with Crippen LogP contribution in [-0.2, 0) is 11.3 Å². The van der Waals surface area contributed by atoms with Crippen LogP contribution in [0.1, 0.15) is 12.7 Å². The number of hydrogen-bond acceptors (Lipinski definition) is 6. The minimum absolute atomic E-state index is 0.116. The Balaban J connectivity index is 2.16. The second-order valence-electron chi connectivity index (χ2n) is 4.34. The molecule has 0 saturated carbocycles. The van der Waals surface area contributed by atoms with Crippen LogP contribution in [0.15, 0.2) is 34.2 Å². The van der Waals surface area contributed by atoms with E-state index in [-0.39, 0.29) is 5.91 Å². The highest BCUT2D eigenvalue weighted by Gasteiger charge is 2.15. The van der Waals surface area contributed by atoms with Crippen molar-refractivity contribution >= 4 is 33.7 Å². The molecule has 0 fully saturated rings. The summed E-state index contributed by atoms with van der Waals surface area (Å²) in [5, 5.41) is 6.69. The molecular formula is C14H17N5O2S. The van der Waals surface area contributed by atoms with Gasteiger partial charge in [-0.25, -0.2) is 9.98 Å². The van der Waals surface area contributed by atoms with E-state index in [2.05, 4.69) is 27.2 Å². The van der Waals surface area contributed by atoms with E-state index in [4.69, 9.17) is 10.2 Å². The topological polar surface area (TPSA) is 106 Å². The molecule has 8 heteroatoms. The summed E-state index contributed by atoms with van der Waals surface area (Å²) in [7, 11) is 0. The van der Waals surface area contributed by atoms with Crippen molar-refractivity contribution in [2.75, 3.05) is 12.3 Å². The molecule has 1 amide bonds. The summed E-state index contributed by atoms with van der Waals surface area (Å²) < 4.78 is 5.66. The van der Waals surface area contributed by atoms with E-state index in [0.29, 0.717) is 40.4 Å². The fourth-order valence-corrected chi connectivity index (χ4v) is 2.31. The number of rotatable bonds is 7. The number of nitrogens with two attached hydrogens (primary N) is 1. The maximum absolute atomic E-state index is 10.9. The molecule has 7 nitrogen and oxygen atoms in total. The Bertz CT molecular complexity index is 689. The SMILES string of the molecule is C=CCNC=Nc1sc(N)nc1-c1ccc(CNC(C)=O)o1. The van der Waals surface area contributed by atoms with Gasteiger partial charge in [0.15, 0.2) is 15.9 Å². The number of anilines is 1. The highest BCUT2D eigenvalue weighted by molar-refractivity contribution is 7.19. The zero-order valence-corrected chi connectivity index (χ0v) is 12.9. The van der Waals surface area contributed by atoms with Gasteiger partial charge in [0.25, 0.3) is 0 Å². The average Bonchev–Trinajstić information content (AvgIpc) is 3.08. The van der Waals surface area contributed by atoms with Crippen molar-refractivity contribution < 1.29 is 9.21 Å². The molecule has 2 aromatic rings. The van der Waals surface area contributed by atoms with Crippen LogP contribution < -0.4 is 16.4 Å². The van der Waals surface area contributed by atoms with Crippen LogP contribution in [0.4, 0.5) is 10.1 Å². The number of aliphatic imine (C=N–C) groups is 1. The van der Waals surface area contributed by atoms with Crippen LogP contribution in [0.25, 0.3) is 11.5 Å². The predicted molar refractivity (Wildman–Crippen MR) is 88.1 cm³/mol. The molecule has 0 aliphatic rings. The van der Waals surface area contributed by atoms with Gasteiger partial charge < -0.3 is 20.8 Å². The van der Waals surface area contributed by atoms with Gasteiger partial charge in [-0.2, -0.15) is 0 Å². The summed E-state index contributed by atoms with van der Waals surface area (Å²) in [4.78, 5) is 19.4. The van der Waals surface area contributed by atoms with Crippen LogP contribution >= 0.6 is 11.3 Å². The Hall–Kier alpha value is -2.61. The summed E-state index contributed by atoms with van der Waals surface area (Å²) in [5.41, 5.74) is 6.33. The highest BCUT2D eigenvalue weighted by atomic mass is 32.1. The molecule has 22 heavy (non-hydrogen) atoms. The lowest BCUT2D eigenvalue weighted by Crippen LogP contribution is -2.18. The van der Waals surface area contributed by atoms with Crippen molar-refractivity contribution in [3.05, 3.63) is 30.5 Å². The third-order valence-electron chi connectivity index (χ3n) is 2.57. The molecule has 0 saturated heterocycles. The van der Waals surface area contributed by atoms with Gasteiger partial charge in [0.2, 0.25) is 5.91 Å². The quantitative estimate of drug-likeness (QED) is 0.313. The smallest absolute Gasteiger partial charge is 0.217 e. The molecule has 0 aliphatic heterocycles. The second-order valence-corrected chi connectivity index (χ2v) is 5.35. The lowest BCUT2D eigenvalue weighted by molar-refractivity contribution is -0.119. The number of aromatic nitrogens is 1. The molecule has 0 spiro atoms. The van der Waals surface area contributed by atoms with E-state index in [1.807, 2.05) is 0 Å². The summed E-state index contributed by atoms with van der Waals surface area (Å²) in [5.74, 6) is 1.08. The number of thiazole rings is 1. The number of nitrogens with zero attached hydrogens (tertiary/aromatic N) is 2. The number of carbonyl (C=O) groups is 1. The monoisotopic (exact) mass is 319 g/mol. The second kappa shape index (κ2) is 7.41.